The number of pyridine rings is 1. The van der Waals surface area contributed by atoms with Crippen molar-refractivity contribution in [2.45, 2.75) is 12.5 Å². The number of nitrogens with zero attached hydrogens (tertiary/aromatic N) is 2. The van der Waals surface area contributed by atoms with Gasteiger partial charge in [0.05, 0.1) is 17.7 Å². The molecule has 0 saturated carbocycles. The first kappa shape index (κ1) is 12.1. The number of benzene rings is 1. The van der Waals surface area contributed by atoms with Crippen LogP contribution >= 0.6 is 0 Å². The molecule has 0 aliphatic heterocycles. The van der Waals surface area contributed by atoms with Crippen LogP contribution in [0.4, 0.5) is 5.82 Å². The SMILES string of the molecule is N#Cc1ccc(C(O)Cc2cccnc2N)cc1. The third-order valence-electron chi connectivity index (χ3n) is 2.76. The van der Waals surface area contributed by atoms with Crippen LogP contribution in [0.5, 0.6) is 0 Å². The Morgan fingerprint density at radius 1 is 1.28 bits per heavy atom. The quantitative estimate of drug-likeness (QED) is 0.855. The van der Waals surface area contributed by atoms with E-state index in [1.165, 1.54) is 0 Å². The highest BCUT2D eigenvalue weighted by atomic mass is 16.3. The van der Waals surface area contributed by atoms with Gasteiger partial charge in [0, 0.05) is 12.6 Å². The summed E-state index contributed by atoms with van der Waals surface area (Å²) in [5.74, 6) is 0.435. The Morgan fingerprint density at radius 3 is 2.61 bits per heavy atom. The van der Waals surface area contributed by atoms with Gasteiger partial charge in [-0.15, -0.1) is 0 Å². The maximum absolute atomic E-state index is 10.1. The number of aromatic nitrogens is 1. The summed E-state index contributed by atoms with van der Waals surface area (Å²) < 4.78 is 0. The molecule has 0 spiro atoms. The van der Waals surface area contributed by atoms with Crippen LogP contribution in [0.25, 0.3) is 0 Å². The van der Waals surface area contributed by atoms with E-state index >= 15 is 0 Å². The Bertz CT molecular complexity index is 572. The van der Waals surface area contributed by atoms with E-state index in [2.05, 4.69) is 4.98 Å². The van der Waals surface area contributed by atoms with Gasteiger partial charge >= 0.3 is 0 Å². The first-order chi connectivity index (χ1) is 8.70. The van der Waals surface area contributed by atoms with Crippen LogP contribution in [0.3, 0.4) is 0 Å². The van der Waals surface area contributed by atoms with Crippen LogP contribution in [0.15, 0.2) is 42.6 Å². The average molecular weight is 239 g/mol. The molecular formula is C14H13N3O. The Morgan fingerprint density at radius 2 is 2.00 bits per heavy atom. The zero-order valence-electron chi connectivity index (χ0n) is 9.74. The molecule has 0 aliphatic carbocycles. The third kappa shape index (κ3) is 2.65. The highest BCUT2D eigenvalue weighted by molar-refractivity contribution is 5.40. The smallest absolute Gasteiger partial charge is 0.126 e. The maximum Gasteiger partial charge on any atom is 0.126 e. The minimum Gasteiger partial charge on any atom is -0.388 e. The molecule has 0 fully saturated rings. The Labute approximate surface area is 105 Å². The van der Waals surface area contributed by atoms with Gasteiger partial charge in [-0.05, 0) is 29.3 Å². The highest BCUT2D eigenvalue weighted by Crippen LogP contribution is 2.20. The molecule has 1 atom stereocenters. The van der Waals surface area contributed by atoms with Crippen molar-refractivity contribution in [3.05, 3.63) is 59.3 Å². The molecule has 1 aromatic carbocycles. The lowest BCUT2D eigenvalue weighted by Crippen LogP contribution is -2.05. The van der Waals surface area contributed by atoms with Crippen molar-refractivity contribution in [3.63, 3.8) is 0 Å². The number of anilines is 1. The summed E-state index contributed by atoms with van der Waals surface area (Å²) in [5, 5.41) is 18.8. The van der Waals surface area contributed by atoms with E-state index in [0.29, 0.717) is 17.8 Å². The first-order valence-electron chi connectivity index (χ1n) is 5.58. The van der Waals surface area contributed by atoms with Gasteiger partial charge in [0.25, 0.3) is 0 Å². The summed E-state index contributed by atoms with van der Waals surface area (Å²) in [4.78, 5) is 3.98. The predicted octanol–water partition coefficient (Wildman–Crippen LogP) is 1.81. The van der Waals surface area contributed by atoms with E-state index in [1.54, 1.807) is 36.5 Å². The van der Waals surface area contributed by atoms with E-state index in [1.807, 2.05) is 12.1 Å². The molecule has 0 radical (unpaired) electrons. The molecule has 4 nitrogen and oxygen atoms in total. The number of nitrogen functional groups attached to an aromatic ring is 1. The lowest BCUT2D eigenvalue weighted by atomic mass is 10.0. The molecule has 1 aromatic heterocycles. The molecule has 0 bridgehead atoms. The zero-order valence-corrected chi connectivity index (χ0v) is 9.74. The van der Waals surface area contributed by atoms with E-state index in [-0.39, 0.29) is 0 Å². The molecule has 1 unspecified atom stereocenters. The fourth-order valence-corrected chi connectivity index (χ4v) is 1.73. The predicted molar refractivity (Wildman–Crippen MR) is 68.5 cm³/mol. The summed E-state index contributed by atoms with van der Waals surface area (Å²) >= 11 is 0. The van der Waals surface area contributed by atoms with Crippen LogP contribution in [0.1, 0.15) is 22.8 Å². The van der Waals surface area contributed by atoms with Crippen molar-refractivity contribution in [1.29, 1.82) is 5.26 Å². The van der Waals surface area contributed by atoms with Gasteiger partial charge in [-0.3, -0.25) is 0 Å². The van der Waals surface area contributed by atoms with Crippen LogP contribution in [0.2, 0.25) is 0 Å². The molecule has 4 heteroatoms. The second-order valence-corrected chi connectivity index (χ2v) is 4.00. The Hall–Kier alpha value is -2.38. The van der Waals surface area contributed by atoms with Gasteiger partial charge in [0.1, 0.15) is 5.82 Å². The molecule has 18 heavy (non-hydrogen) atoms. The molecule has 0 aliphatic rings. The molecule has 2 aromatic rings. The van der Waals surface area contributed by atoms with Gasteiger partial charge in [-0.25, -0.2) is 4.98 Å². The number of rotatable bonds is 3. The summed E-state index contributed by atoms with van der Waals surface area (Å²) in [6.45, 7) is 0. The number of nitrogens with two attached hydrogens (primary N) is 1. The topological polar surface area (TPSA) is 82.9 Å². The first-order valence-corrected chi connectivity index (χ1v) is 5.58. The van der Waals surface area contributed by atoms with Crippen LogP contribution in [-0.2, 0) is 6.42 Å². The van der Waals surface area contributed by atoms with Crippen molar-refractivity contribution in [1.82, 2.24) is 4.98 Å². The van der Waals surface area contributed by atoms with Crippen molar-refractivity contribution >= 4 is 5.82 Å². The summed E-state index contributed by atoms with van der Waals surface area (Å²) in [6.07, 6.45) is 1.38. The summed E-state index contributed by atoms with van der Waals surface area (Å²) in [6, 6.07) is 12.5. The maximum atomic E-state index is 10.1. The Kier molecular flexibility index (Phi) is 3.56. The van der Waals surface area contributed by atoms with Crippen molar-refractivity contribution in [2.75, 3.05) is 5.73 Å². The number of aliphatic hydroxyl groups excluding tert-OH is 1. The summed E-state index contributed by atoms with van der Waals surface area (Å²) in [7, 11) is 0. The molecule has 2 rings (SSSR count). The lowest BCUT2D eigenvalue weighted by Gasteiger charge is -2.12. The van der Waals surface area contributed by atoms with Crippen LogP contribution in [0, 0.1) is 11.3 Å². The number of aliphatic hydroxyl groups is 1. The fraction of sp³-hybridized carbons (Fsp3) is 0.143. The van der Waals surface area contributed by atoms with Gasteiger partial charge in [-0.1, -0.05) is 18.2 Å². The van der Waals surface area contributed by atoms with E-state index in [4.69, 9.17) is 11.0 Å². The van der Waals surface area contributed by atoms with Gasteiger partial charge in [0.15, 0.2) is 0 Å². The van der Waals surface area contributed by atoms with Crippen molar-refractivity contribution < 1.29 is 5.11 Å². The second kappa shape index (κ2) is 5.30. The van der Waals surface area contributed by atoms with E-state index in [0.717, 1.165) is 11.1 Å². The molecule has 90 valence electrons. The normalized spacial score (nSPS) is 11.8. The number of hydrogen-bond acceptors (Lipinski definition) is 4. The monoisotopic (exact) mass is 239 g/mol. The standard InChI is InChI=1S/C14H13N3O/c15-9-10-3-5-11(6-4-10)13(18)8-12-2-1-7-17-14(12)16/h1-7,13,18H,8H2,(H2,16,17). The number of nitriles is 1. The largest absolute Gasteiger partial charge is 0.388 e. The number of hydrogen-bond donors (Lipinski definition) is 2. The molecule has 1 heterocycles. The molecule has 0 amide bonds. The van der Waals surface area contributed by atoms with Crippen LogP contribution in [-0.4, -0.2) is 10.1 Å². The Balaban J connectivity index is 2.15. The summed E-state index contributed by atoms with van der Waals surface area (Å²) in [5.41, 5.74) is 7.88. The second-order valence-electron chi connectivity index (χ2n) is 4.00. The fourth-order valence-electron chi connectivity index (χ4n) is 1.73. The van der Waals surface area contributed by atoms with E-state index < -0.39 is 6.10 Å². The highest BCUT2D eigenvalue weighted by Gasteiger charge is 2.10. The zero-order chi connectivity index (χ0) is 13.0. The van der Waals surface area contributed by atoms with Crippen molar-refractivity contribution in [2.24, 2.45) is 0 Å². The third-order valence-corrected chi connectivity index (χ3v) is 2.76. The van der Waals surface area contributed by atoms with Crippen LogP contribution < -0.4 is 5.73 Å². The van der Waals surface area contributed by atoms with Gasteiger partial charge < -0.3 is 10.8 Å². The molecule has 0 saturated heterocycles. The minimum absolute atomic E-state index is 0.408. The van der Waals surface area contributed by atoms with E-state index in [9.17, 15) is 5.11 Å². The average Bonchev–Trinajstić information content (AvgIpc) is 2.41. The minimum atomic E-state index is -0.649. The van der Waals surface area contributed by atoms with Gasteiger partial charge in [0.2, 0.25) is 0 Å². The van der Waals surface area contributed by atoms with Crippen molar-refractivity contribution in [3.8, 4) is 6.07 Å². The lowest BCUT2D eigenvalue weighted by molar-refractivity contribution is 0.178. The van der Waals surface area contributed by atoms with Gasteiger partial charge in [-0.2, -0.15) is 5.26 Å². The molecular weight excluding hydrogens is 226 g/mol. The molecule has 3 N–H and O–H groups in total.